The molecule has 3 nitrogen and oxygen atoms in total. The summed E-state index contributed by atoms with van der Waals surface area (Å²) < 4.78 is 36.9. The Morgan fingerprint density at radius 3 is 2.27 bits per heavy atom. The van der Waals surface area contributed by atoms with Crippen LogP contribution in [0, 0.1) is 0 Å². The zero-order valence-electron chi connectivity index (χ0n) is 8.43. The van der Waals surface area contributed by atoms with Gasteiger partial charge in [-0.15, -0.1) is 0 Å². The summed E-state index contributed by atoms with van der Waals surface area (Å²) in [7, 11) is 0. The lowest BCUT2D eigenvalue weighted by atomic mass is 9.91. The zero-order chi connectivity index (χ0) is 11.5. The zero-order valence-corrected chi connectivity index (χ0v) is 8.43. The van der Waals surface area contributed by atoms with E-state index in [-0.39, 0.29) is 13.5 Å². The molecule has 0 amide bonds. The fraction of sp³-hybridized carbons (Fsp3) is 1.00. The maximum Gasteiger partial charge on any atom is 0.406 e. The largest absolute Gasteiger partial charge is 0.406 e. The Balaban J connectivity index is 0.00000225. The molecule has 0 spiro atoms. The van der Waals surface area contributed by atoms with E-state index in [2.05, 4.69) is 5.32 Å². The molecule has 0 bridgehead atoms. The Morgan fingerprint density at radius 1 is 1.33 bits per heavy atom. The molecule has 0 heterocycles. The average Bonchev–Trinajstić information content (AvgIpc) is 2.15. The minimum absolute atomic E-state index is 0. The van der Waals surface area contributed by atoms with Gasteiger partial charge in [-0.1, -0.05) is 0 Å². The third-order valence-electron chi connectivity index (χ3n) is 2.79. The Bertz CT molecular complexity index is 196. The van der Waals surface area contributed by atoms with Crippen molar-refractivity contribution in [1.82, 2.24) is 5.32 Å². The van der Waals surface area contributed by atoms with Crippen molar-refractivity contribution in [2.45, 2.75) is 50.0 Å². The standard InChI is InChI=1S/C9H17F3N2O.H2/c10-9(11,12)8(5-15)14-7-3-1-6(13)2-4-7;/h6-8,14-15H,1-5,13H2;1H/t6?,7?,8-;/m0./s1. The maximum absolute atomic E-state index is 12.3. The lowest BCUT2D eigenvalue weighted by molar-refractivity contribution is -0.166. The van der Waals surface area contributed by atoms with Gasteiger partial charge in [0, 0.05) is 13.5 Å². The molecule has 0 saturated heterocycles. The normalized spacial score (nSPS) is 30.2. The Morgan fingerprint density at radius 2 is 1.87 bits per heavy atom. The van der Waals surface area contributed by atoms with Crippen LogP contribution in [0.4, 0.5) is 13.2 Å². The molecule has 0 unspecified atom stereocenters. The number of alkyl halides is 3. The van der Waals surface area contributed by atoms with Gasteiger partial charge in [-0.3, -0.25) is 0 Å². The van der Waals surface area contributed by atoms with Gasteiger partial charge >= 0.3 is 6.18 Å². The minimum atomic E-state index is -4.38. The van der Waals surface area contributed by atoms with E-state index >= 15 is 0 Å². The highest BCUT2D eigenvalue weighted by Gasteiger charge is 2.40. The molecule has 1 atom stereocenters. The Kier molecular flexibility index (Phi) is 4.36. The van der Waals surface area contributed by atoms with E-state index < -0.39 is 18.8 Å². The van der Waals surface area contributed by atoms with Crippen molar-refractivity contribution < 1.29 is 19.7 Å². The van der Waals surface area contributed by atoms with E-state index in [1.165, 1.54) is 0 Å². The smallest absolute Gasteiger partial charge is 0.394 e. The molecule has 0 radical (unpaired) electrons. The van der Waals surface area contributed by atoms with Gasteiger partial charge in [0.2, 0.25) is 0 Å². The molecule has 15 heavy (non-hydrogen) atoms. The second-order valence-electron chi connectivity index (χ2n) is 4.06. The monoisotopic (exact) mass is 228 g/mol. The first-order valence-corrected chi connectivity index (χ1v) is 5.12. The summed E-state index contributed by atoms with van der Waals surface area (Å²) in [4.78, 5) is 0. The third-order valence-corrected chi connectivity index (χ3v) is 2.79. The van der Waals surface area contributed by atoms with Gasteiger partial charge in [0.15, 0.2) is 0 Å². The quantitative estimate of drug-likeness (QED) is 0.676. The lowest BCUT2D eigenvalue weighted by Crippen LogP contribution is -2.51. The summed E-state index contributed by atoms with van der Waals surface area (Å²) in [5.74, 6) is 0. The molecule has 0 aromatic heterocycles. The summed E-state index contributed by atoms with van der Waals surface area (Å²) in [5.41, 5.74) is 5.65. The molecule has 6 heteroatoms. The van der Waals surface area contributed by atoms with Gasteiger partial charge in [-0.05, 0) is 25.7 Å². The highest BCUT2D eigenvalue weighted by Crippen LogP contribution is 2.23. The van der Waals surface area contributed by atoms with Gasteiger partial charge < -0.3 is 16.2 Å². The first kappa shape index (κ1) is 12.7. The van der Waals surface area contributed by atoms with Crippen LogP contribution in [0.1, 0.15) is 27.1 Å². The van der Waals surface area contributed by atoms with Crippen molar-refractivity contribution in [1.29, 1.82) is 0 Å². The van der Waals surface area contributed by atoms with E-state index in [4.69, 9.17) is 10.8 Å². The number of aliphatic hydroxyl groups excluding tert-OH is 1. The second-order valence-corrected chi connectivity index (χ2v) is 4.06. The van der Waals surface area contributed by atoms with E-state index in [0.29, 0.717) is 12.8 Å². The number of hydrogen-bond donors (Lipinski definition) is 3. The van der Waals surface area contributed by atoms with Gasteiger partial charge in [-0.2, -0.15) is 13.2 Å². The summed E-state index contributed by atoms with van der Waals surface area (Å²) >= 11 is 0. The summed E-state index contributed by atoms with van der Waals surface area (Å²) in [6.07, 6.45) is -1.60. The molecule has 1 aliphatic rings. The molecule has 0 aromatic rings. The Labute approximate surface area is 88.3 Å². The lowest BCUT2D eigenvalue weighted by Gasteiger charge is -2.30. The number of halogens is 3. The van der Waals surface area contributed by atoms with Crippen molar-refractivity contribution in [3.63, 3.8) is 0 Å². The van der Waals surface area contributed by atoms with Gasteiger partial charge in [0.1, 0.15) is 6.04 Å². The topological polar surface area (TPSA) is 58.3 Å². The molecule has 1 fully saturated rings. The molecule has 0 aliphatic heterocycles. The average molecular weight is 228 g/mol. The first-order valence-electron chi connectivity index (χ1n) is 5.12. The maximum atomic E-state index is 12.3. The van der Waals surface area contributed by atoms with Crippen LogP contribution in [0.15, 0.2) is 0 Å². The number of aliphatic hydroxyl groups is 1. The first-order chi connectivity index (χ1) is 6.93. The highest BCUT2D eigenvalue weighted by atomic mass is 19.4. The summed E-state index contributed by atoms with van der Waals surface area (Å²) in [6, 6.07) is -1.87. The second kappa shape index (κ2) is 5.14. The summed E-state index contributed by atoms with van der Waals surface area (Å²) in [5, 5.41) is 11.1. The molecular weight excluding hydrogens is 209 g/mol. The van der Waals surface area contributed by atoms with E-state index in [1.807, 2.05) is 0 Å². The van der Waals surface area contributed by atoms with Crippen molar-refractivity contribution in [3.8, 4) is 0 Å². The van der Waals surface area contributed by atoms with E-state index in [0.717, 1.165) is 12.8 Å². The number of nitrogens with one attached hydrogen (secondary N) is 1. The minimum Gasteiger partial charge on any atom is -0.394 e. The molecule has 0 aromatic carbocycles. The number of nitrogens with two attached hydrogens (primary N) is 1. The van der Waals surface area contributed by atoms with Gasteiger partial charge in [0.25, 0.3) is 0 Å². The Hall–Kier alpha value is -0.330. The SMILES string of the molecule is NC1CCC(N[C@@H](CO)C(F)(F)F)CC1.[HH]. The highest BCUT2D eigenvalue weighted by molar-refractivity contribution is 4.84. The fourth-order valence-electron chi connectivity index (χ4n) is 1.82. The van der Waals surface area contributed by atoms with Crippen LogP contribution in [0.5, 0.6) is 0 Å². The van der Waals surface area contributed by atoms with Crippen molar-refractivity contribution in [3.05, 3.63) is 0 Å². The van der Waals surface area contributed by atoms with Crippen molar-refractivity contribution in [2.24, 2.45) is 5.73 Å². The molecule has 4 N–H and O–H groups in total. The molecule has 92 valence electrons. The van der Waals surface area contributed by atoms with Crippen LogP contribution in [0.25, 0.3) is 0 Å². The molecular formula is C9H19F3N2O. The van der Waals surface area contributed by atoms with E-state index in [1.54, 1.807) is 0 Å². The van der Waals surface area contributed by atoms with Gasteiger partial charge in [-0.25, -0.2) is 0 Å². The number of hydrogen-bond acceptors (Lipinski definition) is 3. The van der Waals surface area contributed by atoms with Crippen LogP contribution in [-0.2, 0) is 0 Å². The van der Waals surface area contributed by atoms with Crippen LogP contribution in [-0.4, -0.2) is 36.0 Å². The van der Waals surface area contributed by atoms with Crippen molar-refractivity contribution in [2.75, 3.05) is 6.61 Å². The predicted octanol–water partition coefficient (Wildman–Crippen LogP) is 1.02. The van der Waals surface area contributed by atoms with Crippen LogP contribution < -0.4 is 11.1 Å². The number of rotatable bonds is 3. The fourth-order valence-corrected chi connectivity index (χ4v) is 1.82. The van der Waals surface area contributed by atoms with Crippen LogP contribution in [0.3, 0.4) is 0 Å². The van der Waals surface area contributed by atoms with Crippen LogP contribution in [0.2, 0.25) is 0 Å². The van der Waals surface area contributed by atoms with Gasteiger partial charge in [0.05, 0.1) is 6.61 Å². The predicted molar refractivity (Wildman–Crippen MR) is 52.4 cm³/mol. The van der Waals surface area contributed by atoms with E-state index in [9.17, 15) is 13.2 Å². The third kappa shape index (κ3) is 3.96. The van der Waals surface area contributed by atoms with Crippen LogP contribution >= 0.6 is 0 Å². The molecule has 1 saturated carbocycles. The molecule has 1 aliphatic carbocycles. The summed E-state index contributed by atoms with van der Waals surface area (Å²) in [6.45, 7) is -0.911. The van der Waals surface area contributed by atoms with Crippen molar-refractivity contribution >= 4 is 0 Å². The molecule has 1 rings (SSSR count).